The maximum Gasteiger partial charge on any atom is 0.270 e. The zero-order valence-electron chi connectivity index (χ0n) is 13.8. The number of amides is 1. The van der Waals surface area contributed by atoms with Gasteiger partial charge in [0.05, 0.1) is 0 Å². The third-order valence-corrected chi connectivity index (χ3v) is 6.88. The molecule has 0 saturated carbocycles. The fourth-order valence-corrected chi connectivity index (χ4v) is 4.58. The predicted octanol–water partition coefficient (Wildman–Crippen LogP) is 4.23. The van der Waals surface area contributed by atoms with Crippen LogP contribution in [-0.4, -0.2) is 24.5 Å². The molecule has 0 unspecified atom stereocenters. The molecule has 2 aromatic carbocycles. The van der Waals surface area contributed by atoms with Gasteiger partial charge in [0.15, 0.2) is 0 Å². The van der Waals surface area contributed by atoms with Gasteiger partial charge in [-0.05, 0) is 42.0 Å². The highest BCUT2D eigenvalue weighted by Crippen LogP contribution is 2.23. The van der Waals surface area contributed by atoms with E-state index in [1.54, 1.807) is 24.3 Å². The fraction of sp³-hybridized carbons (Fsp3) is 0.0625. The van der Waals surface area contributed by atoms with E-state index in [2.05, 4.69) is 20.2 Å². The monoisotopic (exact) mass is 476 g/mol. The van der Waals surface area contributed by atoms with Crippen LogP contribution in [0.4, 0.5) is 5.13 Å². The van der Waals surface area contributed by atoms with Gasteiger partial charge in [-0.2, -0.15) is 0 Å². The lowest BCUT2D eigenvalue weighted by Gasteiger charge is -2.06. The molecule has 0 aliphatic carbocycles. The first-order chi connectivity index (χ1) is 13.2. The molecule has 0 fully saturated rings. The molecule has 1 amide bonds. The van der Waals surface area contributed by atoms with Crippen molar-refractivity contribution in [3.63, 3.8) is 0 Å². The molecule has 3 aromatic rings. The molecular formula is C16H11Cl3N4O3S2. The van der Waals surface area contributed by atoms with Gasteiger partial charge in [-0.15, -0.1) is 10.2 Å². The molecule has 1 heterocycles. The summed E-state index contributed by atoms with van der Waals surface area (Å²) < 4.78 is 26.9. The number of aromatic nitrogens is 2. The highest BCUT2D eigenvalue weighted by molar-refractivity contribution is 7.91. The van der Waals surface area contributed by atoms with E-state index in [1.165, 1.54) is 18.2 Å². The van der Waals surface area contributed by atoms with Crippen LogP contribution in [0.15, 0.2) is 46.8 Å². The van der Waals surface area contributed by atoms with Crippen LogP contribution in [0.2, 0.25) is 15.1 Å². The minimum atomic E-state index is -3.94. The second kappa shape index (κ2) is 8.73. The standard InChI is InChI=1S/C16H11Cl3N4O3S2/c17-11-4-1-9(2-5-11)14(24)21-15-22-23-16(27-15)28(25,26)20-8-10-3-6-12(18)7-13(10)19/h1-7,20H,8H2,(H,21,22,24). The van der Waals surface area contributed by atoms with E-state index in [0.29, 0.717) is 26.2 Å². The van der Waals surface area contributed by atoms with E-state index in [0.717, 1.165) is 11.3 Å². The van der Waals surface area contributed by atoms with Gasteiger partial charge in [-0.1, -0.05) is 52.2 Å². The third kappa shape index (κ3) is 5.19. The maximum absolute atomic E-state index is 12.4. The summed E-state index contributed by atoms with van der Waals surface area (Å²) in [6.45, 7) is -0.0512. The molecule has 12 heteroatoms. The molecule has 0 saturated heterocycles. The van der Waals surface area contributed by atoms with Gasteiger partial charge in [-0.25, -0.2) is 13.1 Å². The first-order valence-electron chi connectivity index (χ1n) is 7.58. The van der Waals surface area contributed by atoms with E-state index in [-0.39, 0.29) is 16.0 Å². The van der Waals surface area contributed by atoms with Crippen molar-refractivity contribution >= 4 is 67.2 Å². The first kappa shape index (κ1) is 21.0. The minimum absolute atomic E-state index is 0.0462. The number of sulfonamides is 1. The van der Waals surface area contributed by atoms with E-state index >= 15 is 0 Å². The predicted molar refractivity (Wildman–Crippen MR) is 110 cm³/mol. The number of nitrogens with one attached hydrogen (secondary N) is 2. The lowest BCUT2D eigenvalue weighted by Crippen LogP contribution is -2.23. The van der Waals surface area contributed by atoms with Crippen molar-refractivity contribution < 1.29 is 13.2 Å². The topological polar surface area (TPSA) is 101 Å². The summed E-state index contributed by atoms with van der Waals surface area (Å²) in [6, 6.07) is 10.9. The highest BCUT2D eigenvalue weighted by Gasteiger charge is 2.21. The van der Waals surface area contributed by atoms with E-state index in [1.807, 2.05) is 0 Å². The van der Waals surface area contributed by atoms with Gasteiger partial charge in [-0.3, -0.25) is 10.1 Å². The maximum atomic E-state index is 12.4. The van der Waals surface area contributed by atoms with Gasteiger partial charge in [0.1, 0.15) is 0 Å². The zero-order chi connectivity index (χ0) is 20.3. The van der Waals surface area contributed by atoms with E-state index in [9.17, 15) is 13.2 Å². The average molecular weight is 478 g/mol. The molecule has 3 rings (SSSR count). The van der Waals surface area contributed by atoms with Crippen molar-refractivity contribution in [1.82, 2.24) is 14.9 Å². The number of benzene rings is 2. The van der Waals surface area contributed by atoms with Crippen LogP contribution in [0.3, 0.4) is 0 Å². The quantitative estimate of drug-likeness (QED) is 0.517. The Morgan fingerprint density at radius 2 is 1.68 bits per heavy atom. The Labute approximate surface area is 179 Å². The van der Waals surface area contributed by atoms with Crippen LogP contribution in [0.25, 0.3) is 0 Å². The van der Waals surface area contributed by atoms with Crippen LogP contribution < -0.4 is 10.0 Å². The van der Waals surface area contributed by atoms with Crippen LogP contribution in [0.1, 0.15) is 15.9 Å². The van der Waals surface area contributed by atoms with Gasteiger partial charge < -0.3 is 0 Å². The molecule has 0 radical (unpaired) electrons. The molecule has 1 aromatic heterocycles. The summed E-state index contributed by atoms with van der Waals surface area (Å²) in [5.41, 5.74) is 0.898. The summed E-state index contributed by atoms with van der Waals surface area (Å²) in [5.74, 6) is -0.460. The summed E-state index contributed by atoms with van der Waals surface area (Å²) in [6.07, 6.45) is 0. The number of hydrogen-bond acceptors (Lipinski definition) is 6. The Bertz CT molecular complexity index is 1120. The average Bonchev–Trinajstić information content (AvgIpc) is 3.11. The van der Waals surface area contributed by atoms with Crippen molar-refractivity contribution in [3.8, 4) is 0 Å². The molecular weight excluding hydrogens is 467 g/mol. The summed E-state index contributed by atoms with van der Waals surface area (Å²) in [4.78, 5) is 12.2. The summed E-state index contributed by atoms with van der Waals surface area (Å²) in [7, 11) is -3.94. The highest BCUT2D eigenvalue weighted by atomic mass is 35.5. The van der Waals surface area contributed by atoms with Crippen molar-refractivity contribution in [2.24, 2.45) is 0 Å². The Morgan fingerprint density at radius 1 is 1.00 bits per heavy atom. The molecule has 0 aliphatic rings. The van der Waals surface area contributed by atoms with E-state index < -0.39 is 15.9 Å². The second-order valence-corrected chi connectivity index (χ2v) is 9.59. The number of rotatable bonds is 6. The van der Waals surface area contributed by atoms with Gasteiger partial charge in [0.25, 0.3) is 15.9 Å². The molecule has 0 aliphatic heterocycles. The van der Waals surface area contributed by atoms with Gasteiger partial charge >= 0.3 is 0 Å². The lowest BCUT2D eigenvalue weighted by molar-refractivity contribution is 0.102. The molecule has 146 valence electrons. The fourth-order valence-electron chi connectivity index (χ4n) is 2.04. The summed E-state index contributed by atoms with van der Waals surface area (Å²) in [5, 5.41) is 11.1. The van der Waals surface area contributed by atoms with Crippen molar-refractivity contribution in [2.75, 3.05) is 5.32 Å². The molecule has 0 spiro atoms. The van der Waals surface area contributed by atoms with Crippen LogP contribution in [0, 0.1) is 0 Å². The van der Waals surface area contributed by atoms with Crippen LogP contribution in [0.5, 0.6) is 0 Å². The van der Waals surface area contributed by atoms with Crippen LogP contribution >= 0.6 is 46.1 Å². The SMILES string of the molecule is O=C(Nc1nnc(S(=O)(=O)NCc2ccc(Cl)cc2Cl)s1)c1ccc(Cl)cc1. The number of halogens is 3. The molecule has 2 N–H and O–H groups in total. The minimum Gasteiger partial charge on any atom is -0.296 e. The third-order valence-electron chi connectivity index (χ3n) is 3.43. The van der Waals surface area contributed by atoms with Crippen molar-refractivity contribution in [1.29, 1.82) is 0 Å². The number of hydrogen-bond donors (Lipinski definition) is 2. The molecule has 0 atom stereocenters. The smallest absolute Gasteiger partial charge is 0.270 e. The van der Waals surface area contributed by atoms with Gasteiger partial charge in [0, 0.05) is 27.2 Å². The van der Waals surface area contributed by atoms with Crippen molar-refractivity contribution in [3.05, 3.63) is 68.7 Å². The Kier molecular flexibility index (Phi) is 6.54. The molecule has 0 bridgehead atoms. The van der Waals surface area contributed by atoms with Crippen molar-refractivity contribution in [2.45, 2.75) is 10.9 Å². The number of anilines is 1. The Hall–Kier alpha value is -1.75. The zero-order valence-corrected chi connectivity index (χ0v) is 17.7. The normalized spacial score (nSPS) is 11.4. The van der Waals surface area contributed by atoms with Gasteiger partial charge in [0.2, 0.25) is 9.47 Å². The largest absolute Gasteiger partial charge is 0.296 e. The van der Waals surface area contributed by atoms with E-state index in [4.69, 9.17) is 34.8 Å². The Morgan fingerprint density at radius 3 is 2.36 bits per heavy atom. The molecule has 7 nitrogen and oxygen atoms in total. The summed E-state index contributed by atoms with van der Waals surface area (Å²) >= 11 is 18.4. The second-order valence-electron chi connectivity index (χ2n) is 5.39. The number of nitrogens with zero attached hydrogens (tertiary/aromatic N) is 2. The number of carbonyl (C=O) groups is 1. The Balaban J connectivity index is 1.67. The number of carbonyl (C=O) groups excluding carboxylic acids is 1. The first-order valence-corrected chi connectivity index (χ1v) is 11.0. The lowest BCUT2D eigenvalue weighted by atomic mass is 10.2. The van der Waals surface area contributed by atoms with Crippen LogP contribution in [-0.2, 0) is 16.6 Å². The molecule has 28 heavy (non-hydrogen) atoms.